The van der Waals surface area contributed by atoms with E-state index in [4.69, 9.17) is 4.74 Å². The van der Waals surface area contributed by atoms with Crippen LogP contribution in [-0.4, -0.2) is 53.1 Å². The van der Waals surface area contributed by atoms with Gasteiger partial charge < -0.3 is 19.8 Å². The van der Waals surface area contributed by atoms with Gasteiger partial charge in [0.1, 0.15) is 0 Å². The van der Waals surface area contributed by atoms with Crippen LogP contribution in [0.15, 0.2) is 0 Å². The number of rotatable bonds is 5. The van der Waals surface area contributed by atoms with E-state index in [1.807, 2.05) is 0 Å². The summed E-state index contributed by atoms with van der Waals surface area (Å²) in [6.07, 6.45) is 10.4. The van der Waals surface area contributed by atoms with Gasteiger partial charge in [-0.15, -0.1) is 0 Å². The van der Waals surface area contributed by atoms with E-state index < -0.39 is 0 Å². The number of carbonyl (C=O) groups is 1. The monoisotopic (exact) mass is 475 g/mol. The highest BCUT2D eigenvalue weighted by Gasteiger charge is 2.64. The molecule has 0 spiro atoms. The summed E-state index contributed by atoms with van der Waals surface area (Å²) in [5.41, 5.74) is 0.540. The summed E-state index contributed by atoms with van der Waals surface area (Å²) in [4.78, 5) is 13.9. The quantitative estimate of drug-likeness (QED) is 0.552. The number of aliphatic hydroxyl groups excluding tert-OH is 2. The predicted molar refractivity (Wildman–Crippen MR) is 133 cm³/mol. The Morgan fingerprint density at radius 2 is 1.74 bits per heavy atom. The summed E-state index contributed by atoms with van der Waals surface area (Å²) in [6.45, 7) is 11.9. The van der Waals surface area contributed by atoms with Crippen LogP contribution in [0.3, 0.4) is 0 Å². The Hall–Kier alpha value is -0.810. The lowest BCUT2D eigenvalue weighted by molar-refractivity contribution is -0.203. The summed E-state index contributed by atoms with van der Waals surface area (Å²) in [5.74, 6) is 3.55. The second-order valence-electron chi connectivity index (χ2n) is 13.3. The molecule has 5 heteroatoms. The van der Waals surface area contributed by atoms with Gasteiger partial charge >= 0.3 is 6.09 Å². The van der Waals surface area contributed by atoms with Gasteiger partial charge in [0.25, 0.3) is 0 Å². The van der Waals surface area contributed by atoms with E-state index in [1.54, 1.807) is 4.90 Å². The van der Waals surface area contributed by atoms with Gasteiger partial charge in [-0.05, 0) is 110 Å². The van der Waals surface area contributed by atoms with Crippen molar-refractivity contribution >= 4 is 6.09 Å². The predicted octanol–water partition coefficient (Wildman–Crippen LogP) is 5.48. The highest BCUT2D eigenvalue weighted by Crippen LogP contribution is 2.69. The molecular formula is C29H49NO4. The van der Waals surface area contributed by atoms with Gasteiger partial charge in [0, 0.05) is 13.1 Å². The van der Waals surface area contributed by atoms with E-state index in [1.165, 1.54) is 25.7 Å². The normalized spacial score (nSPS) is 48.8. The summed E-state index contributed by atoms with van der Waals surface area (Å²) in [7, 11) is 0. The Labute approximate surface area is 207 Å². The van der Waals surface area contributed by atoms with Crippen LogP contribution in [0.1, 0.15) is 91.9 Å². The van der Waals surface area contributed by atoms with Crippen LogP contribution in [0.4, 0.5) is 4.79 Å². The fraction of sp³-hybridized carbons (Fsp3) is 0.966. The summed E-state index contributed by atoms with van der Waals surface area (Å²) in [5, 5.41) is 22.3. The van der Waals surface area contributed by atoms with E-state index in [0.717, 1.165) is 51.6 Å². The minimum absolute atomic E-state index is 0.134. The van der Waals surface area contributed by atoms with Gasteiger partial charge in [-0.1, -0.05) is 34.1 Å². The third-order valence-corrected chi connectivity index (χ3v) is 12.1. The molecule has 4 aliphatic carbocycles. The molecule has 0 aromatic rings. The fourth-order valence-corrected chi connectivity index (χ4v) is 10.1. The molecule has 5 rings (SSSR count). The molecule has 4 saturated carbocycles. The molecule has 0 radical (unpaired) electrons. The van der Waals surface area contributed by atoms with E-state index in [-0.39, 0.29) is 29.1 Å². The van der Waals surface area contributed by atoms with Crippen molar-refractivity contribution in [2.24, 2.45) is 52.3 Å². The molecule has 0 unspecified atom stereocenters. The molecule has 5 fully saturated rings. The van der Waals surface area contributed by atoms with Crippen LogP contribution in [0.5, 0.6) is 0 Å². The molecule has 2 N–H and O–H groups in total. The summed E-state index contributed by atoms with van der Waals surface area (Å²) >= 11 is 0. The Kier molecular flexibility index (Phi) is 6.76. The Bertz CT molecular complexity index is 754. The summed E-state index contributed by atoms with van der Waals surface area (Å²) in [6, 6.07) is 0. The molecule has 1 heterocycles. The lowest BCUT2D eigenvalue weighted by atomic mass is 9.41. The lowest BCUT2D eigenvalue weighted by Gasteiger charge is -2.64. The molecule has 0 bridgehead atoms. The number of hydrogen-bond donors (Lipinski definition) is 2. The zero-order valence-electron chi connectivity index (χ0n) is 22.0. The fourth-order valence-electron chi connectivity index (χ4n) is 10.1. The molecule has 5 nitrogen and oxygen atoms in total. The van der Waals surface area contributed by atoms with E-state index in [2.05, 4.69) is 27.7 Å². The molecule has 34 heavy (non-hydrogen) atoms. The van der Waals surface area contributed by atoms with E-state index >= 15 is 0 Å². The number of ether oxygens (including phenoxy) is 1. The summed E-state index contributed by atoms with van der Waals surface area (Å²) < 4.78 is 5.58. The SMILES string of the molecule is CC[C@H]1[C@@H](O)[C@@H]2[C@H](CC[C@]3(C)[C@@H]([C@H](C)CCOC(=O)N4CCC4)CC[C@@H]23)[C@@]2(C)CC[C@@H](O)C[C@@H]12. The minimum atomic E-state index is -0.227. The zero-order chi connectivity index (χ0) is 24.3. The van der Waals surface area contributed by atoms with Crippen LogP contribution in [0, 0.1) is 52.3 Å². The Balaban J connectivity index is 1.30. The number of likely N-dealkylation sites (tertiary alicyclic amines) is 1. The molecule has 1 aliphatic heterocycles. The van der Waals surface area contributed by atoms with Gasteiger partial charge in [0.15, 0.2) is 0 Å². The molecule has 0 aromatic heterocycles. The van der Waals surface area contributed by atoms with Gasteiger partial charge in [-0.3, -0.25) is 0 Å². The maximum absolute atomic E-state index is 12.1. The zero-order valence-corrected chi connectivity index (χ0v) is 22.0. The van der Waals surface area contributed by atoms with Crippen LogP contribution in [-0.2, 0) is 4.74 Å². The molecule has 0 aromatic carbocycles. The van der Waals surface area contributed by atoms with Crippen molar-refractivity contribution in [2.75, 3.05) is 19.7 Å². The van der Waals surface area contributed by atoms with Crippen LogP contribution < -0.4 is 0 Å². The standard InChI is InChI=1S/C29H49NO4/c1-5-20-24-17-19(31)9-12-29(24,4)23-10-13-28(3)21(7-8-22(28)25(23)26(20)32)18(2)11-16-34-27(33)30-14-6-15-30/h18-26,31-32H,5-17H2,1-4H3/t18-,19-,20-,21-,22+,23+,24+,25+,26-,28-,29-/m1/s1. The van der Waals surface area contributed by atoms with E-state index in [0.29, 0.717) is 48.0 Å². The molecule has 1 amide bonds. The molecule has 1 saturated heterocycles. The molecular weight excluding hydrogens is 426 g/mol. The second kappa shape index (κ2) is 9.25. The van der Waals surface area contributed by atoms with Gasteiger partial charge in [-0.25, -0.2) is 4.79 Å². The maximum atomic E-state index is 12.1. The third kappa shape index (κ3) is 3.83. The van der Waals surface area contributed by atoms with Crippen molar-refractivity contribution in [3.8, 4) is 0 Å². The number of hydrogen-bond acceptors (Lipinski definition) is 4. The smallest absolute Gasteiger partial charge is 0.409 e. The topological polar surface area (TPSA) is 70.0 Å². The van der Waals surface area contributed by atoms with Gasteiger partial charge in [-0.2, -0.15) is 0 Å². The average Bonchev–Trinajstić information content (AvgIpc) is 3.11. The highest BCUT2D eigenvalue weighted by molar-refractivity contribution is 5.68. The number of carbonyl (C=O) groups excluding carboxylic acids is 1. The van der Waals surface area contributed by atoms with Crippen molar-refractivity contribution in [1.29, 1.82) is 0 Å². The van der Waals surface area contributed by atoms with Crippen molar-refractivity contribution < 1.29 is 19.7 Å². The Morgan fingerprint density at radius 1 is 1.03 bits per heavy atom. The number of aliphatic hydroxyl groups is 2. The minimum Gasteiger partial charge on any atom is -0.449 e. The van der Waals surface area contributed by atoms with Crippen LogP contribution in [0.25, 0.3) is 0 Å². The van der Waals surface area contributed by atoms with Crippen LogP contribution in [0.2, 0.25) is 0 Å². The number of nitrogens with zero attached hydrogens (tertiary/aromatic N) is 1. The first-order valence-corrected chi connectivity index (χ1v) is 14.5. The van der Waals surface area contributed by atoms with Crippen molar-refractivity contribution in [2.45, 2.75) is 104 Å². The van der Waals surface area contributed by atoms with Gasteiger partial charge in [0.2, 0.25) is 0 Å². The van der Waals surface area contributed by atoms with Crippen molar-refractivity contribution in [3.05, 3.63) is 0 Å². The Morgan fingerprint density at radius 3 is 2.41 bits per heavy atom. The maximum Gasteiger partial charge on any atom is 0.409 e. The first kappa shape index (κ1) is 24.9. The first-order valence-electron chi connectivity index (χ1n) is 14.5. The number of fused-ring (bicyclic) bond motifs is 5. The van der Waals surface area contributed by atoms with E-state index in [9.17, 15) is 15.0 Å². The third-order valence-electron chi connectivity index (χ3n) is 12.1. The van der Waals surface area contributed by atoms with Crippen molar-refractivity contribution in [1.82, 2.24) is 4.90 Å². The molecule has 5 aliphatic rings. The molecule has 11 atom stereocenters. The second-order valence-corrected chi connectivity index (χ2v) is 13.3. The average molecular weight is 476 g/mol. The van der Waals surface area contributed by atoms with Crippen molar-refractivity contribution in [3.63, 3.8) is 0 Å². The van der Waals surface area contributed by atoms with Gasteiger partial charge in [0.05, 0.1) is 18.8 Å². The lowest BCUT2D eigenvalue weighted by Crippen LogP contribution is -2.62. The molecule has 194 valence electrons. The number of amides is 1. The highest BCUT2D eigenvalue weighted by atomic mass is 16.6. The van der Waals surface area contributed by atoms with Crippen LogP contribution >= 0.6 is 0 Å². The first-order chi connectivity index (χ1) is 16.2. The largest absolute Gasteiger partial charge is 0.449 e.